The van der Waals surface area contributed by atoms with Crippen LogP contribution in [0.2, 0.25) is 0 Å². The van der Waals surface area contributed by atoms with E-state index in [1.807, 2.05) is 37.4 Å². The van der Waals surface area contributed by atoms with Gasteiger partial charge in [0.05, 0.1) is 4.88 Å². The van der Waals surface area contributed by atoms with Gasteiger partial charge in [0.25, 0.3) is 5.91 Å². The number of rotatable bonds is 5. The molecule has 2 N–H and O–H groups in total. The SMILES string of the molecule is C=CCCCN(C)C(=O)c1cc2cc(N)ccc2s1. The zero-order chi connectivity index (χ0) is 13.8. The molecule has 4 heteroatoms. The Morgan fingerprint density at radius 2 is 2.26 bits per heavy atom. The minimum Gasteiger partial charge on any atom is -0.399 e. The van der Waals surface area contributed by atoms with E-state index in [4.69, 9.17) is 5.73 Å². The number of hydrogen-bond acceptors (Lipinski definition) is 3. The summed E-state index contributed by atoms with van der Waals surface area (Å²) in [5, 5.41) is 1.04. The molecule has 19 heavy (non-hydrogen) atoms. The average Bonchev–Trinajstić information content (AvgIpc) is 2.80. The van der Waals surface area contributed by atoms with Crippen molar-refractivity contribution in [1.82, 2.24) is 4.90 Å². The van der Waals surface area contributed by atoms with Crippen molar-refractivity contribution in [2.24, 2.45) is 0 Å². The van der Waals surface area contributed by atoms with Crippen molar-refractivity contribution in [3.63, 3.8) is 0 Å². The van der Waals surface area contributed by atoms with Gasteiger partial charge in [0.15, 0.2) is 0 Å². The zero-order valence-corrected chi connectivity index (χ0v) is 11.9. The van der Waals surface area contributed by atoms with Gasteiger partial charge in [-0.15, -0.1) is 17.9 Å². The van der Waals surface area contributed by atoms with E-state index in [9.17, 15) is 4.79 Å². The number of carbonyl (C=O) groups is 1. The minimum atomic E-state index is 0.0730. The topological polar surface area (TPSA) is 46.3 Å². The number of nitrogen functional groups attached to an aromatic ring is 1. The highest BCUT2D eigenvalue weighted by molar-refractivity contribution is 7.20. The second-order valence-electron chi connectivity index (χ2n) is 4.57. The molecule has 0 bridgehead atoms. The fourth-order valence-electron chi connectivity index (χ4n) is 1.93. The Bertz CT molecular complexity index is 603. The molecule has 0 saturated carbocycles. The van der Waals surface area contributed by atoms with E-state index in [-0.39, 0.29) is 5.91 Å². The van der Waals surface area contributed by atoms with Gasteiger partial charge >= 0.3 is 0 Å². The molecule has 1 amide bonds. The van der Waals surface area contributed by atoms with E-state index in [0.29, 0.717) is 0 Å². The second-order valence-corrected chi connectivity index (χ2v) is 5.65. The smallest absolute Gasteiger partial charge is 0.263 e. The maximum atomic E-state index is 12.3. The summed E-state index contributed by atoms with van der Waals surface area (Å²) in [6, 6.07) is 7.65. The van der Waals surface area contributed by atoms with Gasteiger partial charge < -0.3 is 10.6 Å². The highest BCUT2D eigenvalue weighted by Crippen LogP contribution is 2.28. The number of fused-ring (bicyclic) bond motifs is 1. The Hall–Kier alpha value is -1.81. The van der Waals surface area contributed by atoms with E-state index in [2.05, 4.69) is 6.58 Å². The number of hydrogen-bond donors (Lipinski definition) is 1. The van der Waals surface area contributed by atoms with E-state index < -0.39 is 0 Å². The quantitative estimate of drug-likeness (QED) is 0.515. The Balaban J connectivity index is 2.14. The molecule has 100 valence electrons. The molecule has 0 aliphatic rings. The number of thiophene rings is 1. The number of carbonyl (C=O) groups excluding carboxylic acids is 1. The third-order valence-corrected chi connectivity index (χ3v) is 4.10. The van der Waals surface area contributed by atoms with Crippen LogP contribution in [0.1, 0.15) is 22.5 Å². The maximum Gasteiger partial charge on any atom is 0.263 e. The van der Waals surface area contributed by atoms with Gasteiger partial charge in [-0.1, -0.05) is 6.08 Å². The average molecular weight is 274 g/mol. The third-order valence-electron chi connectivity index (χ3n) is 3.00. The Morgan fingerprint density at radius 1 is 1.47 bits per heavy atom. The summed E-state index contributed by atoms with van der Waals surface area (Å²) in [5.74, 6) is 0.0730. The van der Waals surface area contributed by atoms with Crippen molar-refractivity contribution >= 4 is 33.0 Å². The van der Waals surface area contributed by atoms with Crippen LogP contribution in [0.3, 0.4) is 0 Å². The second kappa shape index (κ2) is 5.89. The molecular formula is C15H18N2OS. The van der Waals surface area contributed by atoms with Gasteiger partial charge in [0.2, 0.25) is 0 Å². The van der Waals surface area contributed by atoms with Gasteiger partial charge in [-0.3, -0.25) is 4.79 Å². The van der Waals surface area contributed by atoms with Gasteiger partial charge in [0, 0.05) is 24.0 Å². The zero-order valence-electron chi connectivity index (χ0n) is 11.1. The summed E-state index contributed by atoms with van der Waals surface area (Å²) in [6.45, 7) is 4.44. The lowest BCUT2D eigenvalue weighted by Crippen LogP contribution is -2.26. The van der Waals surface area contributed by atoms with Gasteiger partial charge in [-0.2, -0.15) is 0 Å². The molecule has 0 radical (unpaired) electrons. The first kappa shape index (κ1) is 13.6. The normalized spacial score (nSPS) is 10.6. The van der Waals surface area contributed by atoms with Crippen LogP contribution in [0.5, 0.6) is 0 Å². The standard InChI is InChI=1S/C15H18N2OS/c1-3-4-5-8-17(2)15(18)14-10-11-9-12(16)6-7-13(11)19-14/h3,6-7,9-10H,1,4-5,8,16H2,2H3. The molecule has 0 saturated heterocycles. The first-order valence-corrected chi connectivity index (χ1v) is 7.09. The number of amides is 1. The van der Waals surface area contributed by atoms with Gasteiger partial charge in [-0.25, -0.2) is 0 Å². The van der Waals surface area contributed by atoms with Crippen molar-refractivity contribution in [3.8, 4) is 0 Å². The molecule has 0 aliphatic heterocycles. The molecule has 2 aromatic rings. The van der Waals surface area contributed by atoms with Crippen LogP contribution in [0.4, 0.5) is 5.69 Å². The van der Waals surface area contributed by atoms with Crippen molar-refractivity contribution < 1.29 is 4.79 Å². The molecule has 0 atom stereocenters. The van der Waals surface area contributed by atoms with E-state index in [1.54, 1.807) is 4.90 Å². The minimum absolute atomic E-state index is 0.0730. The third kappa shape index (κ3) is 3.15. The fourth-order valence-corrected chi connectivity index (χ4v) is 2.97. The Kier molecular flexibility index (Phi) is 4.22. The number of allylic oxidation sites excluding steroid dienone is 1. The van der Waals surface area contributed by atoms with Crippen molar-refractivity contribution in [1.29, 1.82) is 0 Å². The summed E-state index contributed by atoms with van der Waals surface area (Å²) in [5.41, 5.74) is 6.48. The van der Waals surface area contributed by atoms with Crippen molar-refractivity contribution in [3.05, 3.63) is 41.8 Å². The first-order chi connectivity index (χ1) is 9.11. The number of nitrogens with zero attached hydrogens (tertiary/aromatic N) is 1. The van der Waals surface area contributed by atoms with Gasteiger partial charge in [-0.05, 0) is 42.5 Å². The fraction of sp³-hybridized carbons (Fsp3) is 0.267. The molecule has 3 nitrogen and oxygen atoms in total. The van der Waals surface area contributed by atoms with Crippen LogP contribution in [-0.4, -0.2) is 24.4 Å². The van der Waals surface area contributed by atoms with Crippen molar-refractivity contribution in [2.75, 3.05) is 19.3 Å². The molecule has 0 unspecified atom stereocenters. The molecule has 0 spiro atoms. The largest absolute Gasteiger partial charge is 0.399 e. The summed E-state index contributed by atoms with van der Waals surface area (Å²) < 4.78 is 1.09. The lowest BCUT2D eigenvalue weighted by molar-refractivity contribution is 0.0798. The highest BCUT2D eigenvalue weighted by atomic mass is 32.1. The molecule has 2 rings (SSSR count). The predicted octanol–water partition coefficient (Wildman–Crippen LogP) is 3.52. The molecule has 0 fully saturated rings. The van der Waals surface area contributed by atoms with Crippen LogP contribution in [-0.2, 0) is 0 Å². The lowest BCUT2D eigenvalue weighted by atomic mass is 10.2. The van der Waals surface area contributed by atoms with Crippen LogP contribution >= 0.6 is 11.3 Å². The highest BCUT2D eigenvalue weighted by Gasteiger charge is 2.14. The molecule has 1 aromatic carbocycles. The molecule has 0 aliphatic carbocycles. The first-order valence-electron chi connectivity index (χ1n) is 6.27. The van der Waals surface area contributed by atoms with E-state index in [1.165, 1.54) is 11.3 Å². The lowest BCUT2D eigenvalue weighted by Gasteiger charge is -2.15. The Labute approximate surface area is 117 Å². The monoisotopic (exact) mass is 274 g/mol. The van der Waals surface area contributed by atoms with Crippen LogP contribution in [0.15, 0.2) is 36.9 Å². The van der Waals surface area contributed by atoms with Crippen molar-refractivity contribution in [2.45, 2.75) is 12.8 Å². The predicted molar refractivity (Wildman–Crippen MR) is 82.6 cm³/mol. The molecular weight excluding hydrogens is 256 g/mol. The van der Waals surface area contributed by atoms with E-state index in [0.717, 1.165) is 40.0 Å². The summed E-state index contributed by atoms with van der Waals surface area (Å²) in [7, 11) is 1.84. The number of benzene rings is 1. The molecule has 1 aromatic heterocycles. The van der Waals surface area contributed by atoms with Gasteiger partial charge in [0.1, 0.15) is 0 Å². The number of unbranched alkanes of at least 4 members (excludes halogenated alkanes) is 1. The maximum absolute atomic E-state index is 12.3. The Morgan fingerprint density at radius 3 is 3.00 bits per heavy atom. The summed E-state index contributed by atoms with van der Waals surface area (Å²) in [6.07, 6.45) is 3.75. The van der Waals surface area contributed by atoms with E-state index >= 15 is 0 Å². The number of anilines is 1. The van der Waals surface area contributed by atoms with Crippen LogP contribution in [0.25, 0.3) is 10.1 Å². The van der Waals surface area contributed by atoms with Crippen LogP contribution < -0.4 is 5.73 Å². The molecule has 1 heterocycles. The summed E-state index contributed by atoms with van der Waals surface area (Å²) in [4.78, 5) is 14.8. The van der Waals surface area contributed by atoms with Crippen LogP contribution in [0, 0.1) is 0 Å². The summed E-state index contributed by atoms with van der Waals surface area (Å²) >= 11 is 1.51. The number of nitrogens with two attached hydrogens (primary N) is 1.